The van der Waals surface area contributed by atoms with Gasteiger partial charge in [0.1, 0.15) is 0 Å². The molecule has 1 fully saturated rings. The molecule has 1 saturated carbocycles. The van der Waals surface area contributed by atoms with Crippen molar-refractivity contribution < 1.29 is 13.9 Å². The van der Waals surface area contributed by atoms with E-state index in [0.29, 0.717) is 12.8 Å². The Bertz CT molecular complexity index is 414. The summed E-state index contributed by atoms with van der Waals surface area (Å²) in [5.74, 6) is -2.58. The number of aryl methyl sites for hydroxylation is 2. The number of rotatable bonds is 3. The van der Waals surface area contributed by atoms with Gasteiger partial charge in [-0.2, -0.15) is 0 Å². The highest BCUT2D eigenvalue weighted by molar-refractivity contribution is 7.12. The van der Waals surface area contributed by atoms with Crippen molar-refractivity contribution in [1.82, 2.24) is 0 Å². The third-order valence-corrected chi connectivity index (χ3v) is 4.72. The van der Waals surface area contributed by atoms with Crippen LogP contribution in [0.5, 0.6) is 0 Å². The molecule has 0 spiro atoms. The lowest BCUT2D eigenvalue weighted by atomic mass is 9.82. The summed E-state index contributed by atoms with van der Waals surface area (Å²) in [5, 5.41) is 10.2. The first kappa shape index (κ1) is 13.9. The van der Waals surface area contributed by atoms with E-state index in [9.17, 15) is 13.9 Å². The van der Waals surface area contributed by atoms with E-state index < -0.39 is 12.0 Å². The first-order valence-corrected chi connectivity index (χ1v) is 7.32. The summed E-state index contributed by atoms with van der Waals surface area (Å²) in [6.45, 7) is 3.98. The predicted octanol–water partition coefficient (Wildman–Crippen LogP) is 4.61. The van der Waals surface area contributed by atoms with Gasteiger partial charge in [0.2, 0.25) is 5.92 Å². The summed E-state index contributed by atoms with van der Waals surface area (Å²) in [6.07, 6.45) is 1.21. The lowest BCUT2D eigenvalue weighted by molar-refractivity contribution is -0.0590. The van der Waals surface area contributed by atoms with Gasteiger partial charge in [-0.25, -0.2) is 8.78 Å². The van der Waals surface area contributed by atoms with Crippen molar-refractivity contribution in [2.45, 2.75) is 58.0 Å². The highest BCUT2D eigenvalue weighted by atomic mass is 32.1. The minimum atomic E-state index is -2.53. The molecule has 1 N–H and O–H groups in total. The summed E-state index contributed by atoms with van der Waals surface area (Å²) in [4.78, 5) is 2.26. The number of alkyl halides is 2. The number of hydrogen-bond donors (Lipinski definition) is 1. The molecule has 0 radical (unpaired) electrons. The highest BCUT2D eigenvalue weighted by Crippen LogP contribution is 2.41. The van der Waals surface area contributed by atoms with Crippen LogP contribution in [0.4, 0.5) is 8.78 Å². The first-order valence-electron chi connectivity index (χ1n) is 6.50. The Balaban J connectivity index is 1.99. The van der Waals surface area contributed by atoms with Gasteiger partial charge in [-0.1, -0.05) is 0 Å². The quantitative estimate of drug-likeness (QED) is 0.853. The van der Waals surface area contributed by atoms with E-state index in [1.54, 1.807) is 11.3 Å². The average Bonchev–Trinajstić information content (AvgIpc) is 2.56. The van der Waals surface area contributed by atoms with E-state index >= 15 is 0 Å². The van der Waals surface area contributed by atoms with Crippen LogP contribution in [-0.4, -0.2) is 11.0 Å². The van der Waals surface area contributed by atoms with Crippen molar-refractivity contribution in [3.63, 3.8) is 0 Å². The molecule has 1 aromatic heterocycles. The van der Waals surface area contributed by atoms with Gasteiger partial charge in [0, 0.05) is 22.6 Å². The lowest BCUT2D eigenvalue weighted by Gasteiger charge is -2.30. The smallest absolute Gasteiger partial charge is 0.248 e. The molecular formula is C14H20F2OS. The van der Waals surface area contributed by atoms with Gasteiger partial charge in [-0.05, 0) is 50.7 Å². The van der Waals surface area contributed by atoms with Gasteiger partial charge in [0.25, 0.3) is 0 Å². The van der Waals surface area contributed by atoms with Gasteiger partial charge in [-0.3, -0.25) is 0 Å². The maximum absolute atomic E-state index is 13.3. The normalized spacial score (nSPS) is 25.1. The molecule has 4 heteroatoms. The van der Waals surface area contributed by atoms with E-state index in [-0.39, 0.29) is 18.8 Å². The predicted molar refractivity (Wildman–Crippen MR) is 70.3 cm³/mol. The molecule has 0 aromatic carbocycles. The molecule has 2 rings (SSSR count). The Kier molecular flexibility index (Phi) is 4.07. The zero-order chi connectivity index (χ0) is 13.3. The molecule has 2 unspecified atom stereocenters. The maximum atomic E-state index is 13.3. The summed E-state index contributed by atoms with van der Waals surface area (Å²) >= 11 is 1.65. The summed E-state index contributed by atoms with van der Waals surface area (Å²) < 4.78 is 26.6. The van der Waals surface area contributed by atoms with Crippen LogP contribution in [0.3, 0.4) is 0 Å². The molecule has 1 nitrogen and oxygen atoms in total. The van der Waals surface area contributed by atoms with Crippen LogP contribution in [0.1, 0.15) is 53.5 Å². The summed E-state index contributed by atoms with van der Waals surface area (Å²) in [7, 11) is 0. The molecule has 1 aliphatic carbocycles. The van der Waals surface area contributed by atoms with Crippen molar-refractivity contribution in [1.29, 1.82) is 0 Å². The topological polar surface area (TPSA) is 20.2 Å². The average molecular weight is 274 g/mol. The Morgan fingerprint density at radius 2 is 2.22 bits per heavy atom. The fraction of sp³-hybridized carbons (Fsp3) is 0.714. The zero-order valence-electron chi connectivity index (χ0n) is 10.9. The van der Waals surface area contributed by atoms with Gasteiger partial charge in [-0.15, -0.1) is 11.3 Å². The lowest BCUT2D eigenvalue weighted by Crippen LogP contribution is -2.27. The molecule has 1 heterocycles. The third-order valence-electron chi connectivity index (χ3n) is 3.74. The fourth-order valence-electron chi connectivity index (χ4n) is 2.90. The fourth-order valence-corrected chi connectivity index (χ4v) is 3.88. The zero-order valence-corrected chi connectivity index (χ0v) is 11.7. The molecule has 2 atom stereocenters. The van der Waals surface area contributed by atoms with Crippen molar-refractivity contribution in [3.8, 4) is 0 Å². The van der Waals surface area contributed by atoms with Crippen LogP contribution in [0.2, 0.25) is 0 Å². The number of aliphatic hydroxyl groups excluding tert-OH is 1. The Hall–Kier alpha value is -0.480. The van der Waals surface area contributed by atoms with Gasteiger partial charge in [0.15, 0.2) is 0 Å². The van der Waals surface area contributed by atoms with E-state index in [1.807, 2.05) is 19.9 Å². The van der Waals surface area contributed by atoms with Gasteiger partial charge >= 0.3 is 0 Å². The summed E-state index contributed by atoms with van der Waals surface area (Å²) in [6, 6.07) is 1.98. The van der Waals surface area contributed by atoms with Crippen molar-refractivity contribution >= 4 is 11.3 Å². The standard InChI is InChI=1S/C14H20F2OS/c1-9-6-12(10(2)18-9)13(17)7-11-4-3-5-14(15,16)8-11/h6,11,13,17H,3-5,7-8H2,1-2H3. The van der Waals surface area contributed by atoms with Crippen LogP contribution >= 0.6 is 11.3 Å². The number of thiophene rings is 1. The Morgan fingerprint density at radius 1 is 1.50 bits per heavy atom. The monoisotopic (exact) mass is 274 g/mol. The largest absolute Gasteiger partial charge is 0.388 e. The maximum Gasteiger partial charge on any atom is 0.248 e. The van der Waals surface area contributed by atoms with Crippen molar-refractivity contribution in [3.05, 3.63) is 21.4 Å². The molecule has 102 valence electrons. The van der Waals surface area contributed by atoms with Crippen LogP contribution in [0.25, 0.3) is 0 Å². The first-order chi connectivity index (χ1) is 8.37. The summed E-state index contributed by atoms with van der Waals surface area (Å²) in [5.41, 5.74) is 0.923. The second-order valence-corrected chi connectivity index (χ2v) is 6.90. The SMILES string of the molecule is Cc1cc(C(O)CC2CCCC(F)(F)C2)c(C)s1. The molecule has 0 saturated heterocycles. The van der Waals surface area contributed by atoms with Crippen LogP contribution in [0.15, 0.2) is 6.07 Å². The van der Waals surface area contributed by atoms with E-state index in [1.165, 1.54) is 0 Å². The molecule has 0 aliphatic heterocycles. The molecular weight excluding hydrogens is 254 g/mol. The van der Waals surface area contributed by atoms with Crippen molar-refractivity contribution in [2.24, 2.45) is 5.92 Å². The molecule has 0 amide bonds. The molecule has 1 aliphatic rings. The number of halogens is 2. The molecule has 18 heavy (non-hydrogen) atoms. The van der Waals surface area contributed by atoms with Crippen LogP contribution < -0.4 is 0 Å². The number of aliphatic hydroxyl groups is 1. The third kappa shape index (κ3) is 3.29. The van der Waals surface area contributed by atoms with E-state index in [2.05, 4.69) is 0 Å². The highest BCUT2D eigenvalue weighted by Gasteiger charge is 2.37. The Morgan fingerprint density at radius 3 is 2.78 bits per heavy atom. The van der Waals surface area contributed by atoms with Crippen molar-refractivity contribution in [2.75, 3.05) is 0 Å². The Labute approximate surface area is 111 Å². The van der Waals surface area contributed by atoms with E-state index in [4.69, 9.17) is 0 Å². The number of hydrogen-bond acceptors (Lipinski definition) is 2. The minimum absolute atomic E-state index is 0.0101. The second kappa shape index (κ2) is 5.25. The second-order valence-electron chi connectivity index (χ2n) is 5.44. The van der Waals surface area contributed by atoms with Crippen LogP contribution in [0, 0.1) is 19.8 Å². The van der Waals surface area contributed by atoms with Gasteiger partial charge < -0.3 is 5.11 Å². The molecule has 0 bridgehead atoms. The minimum Gasteiger partial charge on any atom is -0.388 e. The van der Waals surface area contributed by atoms with Crippen LogP contribution in [-0.2, 0) is 0 Å². The van der Waals surface area contributed by atoms with E-state index in [0.717, 1.165) is 21.7 Å². The molecule has 1 aromatic rings. The van der Waals surface area contributed by atoms with Gasteiger partial charge in [0.05, 0.1) is 6.10 Å².